The van der Waals surface area contributed by atoms with Gasteiger partial charge in [0.2, 0.25) is 5.91 Å². The Bertz CT molecular complexity index is 775. The summed E-state index contributed by atoms with van der Waals surface area (Å²) in [6.45, 7) is 1.69. The standard InChI is InChI=1S/C18H20ClN3O2/c19-15-7-1-2-8-16(15)21-11-5-6-14(12-21)20-17(23)13-22-10-4-3-9-18(22)24/h1-4,7-10,14H,5-6,11-13H2,(H,20,23)/t14-/m0/s1. The van der Waals surface area contributed by atoms with Gasteiger partial charge in [0.05, 0.1) is 10.7 Å². The molecule has 1 aliphatic rings. The minimum Gasteiger partial charge on any atom is -0.368 e. The first-order valence-electron chi connectivity index (χ1n) is 8.08. The number of hydrogen-bond acceptors (Lipinski definition) is 3. The summed E-state index contributed by atoms with van der Waals surface area (Å²) >= 11 is 6.27. The first-order chi connectivity index (χ1) is 11.6. The highest BCUT2D eigenvalue weighted by Crippen LogP contribution is 2.27. The van der Waals surface area contributed by atoms with E-state index >= 15 is 0 Å². The van der Waals surface area contributed by atoms with Gasteiger partial charge in [0.15, 0.2) is 0 Å². The van der Waals surface area contributed by atoms with Crippen molar-refractivity contribution < 1.29 is 4.79 Å². The second-order valence-electron chi connectivity index (χ2n) is 5.97. The molecule has 126 valence electrons. The van der Waals surface area contributed by atoms with Crippen molar-refractivity contribution in [1.29, 1.82) is 0 Å². The highest BCUT2D eigenvalue weighted by Gasteiger charge is 2.22. The number of benzene rings is 1. The molecule has 2 heterocycles. The predicted octanol–water partition coefficient (Wildman–Crippen LogP) is 2.29. The van der Waals surface area contributed by atoms with E-state index in [2.05, 4.69) is 10.2 Å². The molecule has 1 aromatic carbocycles. The number of nitrogens with zero attached hydrogens (tertiary/aromatic N) is 2. The number of nitrogens with one attached hydrogen (secondary N) is 1. The average Bonchev–Trinajstić information content (AvgIpc) is 2.57. The van der Waals surface area contributed by atoms with Crippen LogP contribution in [0, 0.1) is 0 Å². The second-order valence-corrected chi connectivity index (χ2v) is 6.38. The van der Waals surface area contributed by atoms with Crippen molar-refractivity contribution in [1.82, 2.24) is 9.88 Å². The lowest BCUT2D eigenvalue weighted by atomic mass is 10.0. The van der Waals surface area contributed by atoms with Crippen LogP contribution in [-0.4, -0.2) is 29.6 Å². The summed E-state index contributed by atoms with van der Waals surface area (Å²) < 4.78 is 1.41. The SMILES string of the molecule is O=C(Cn1ccccc1=O)N[C@H]1CCCN(c2ccccc2Cl)C1. The Morgan fingerprint density at radius 1 is 1.21 bits per heavy atom. The van der Waals surface area contributed by atoms with Crippen molar-refractivity contribution in [2.24, 2.45) is 0 Å². The van der Waals surface area contributed by atoms with Crippen LogP contribution in [0.5, 0.6) is 0 Å². The summed E-state index contributed by atoms with van der Waals surface area (Å²) in [5.74, 6) is -0.144. The smallest absolute Gasteiger partial charge is 0.250 e. The van der Waals surface area contributed by atoms with E-state index < -0.39 is 0 Å². The molecular weight excluding hydrogens is 326 g/mol. The molecule has 6 heteroatoms. The fourth-order valence-electron chi connectivity index (χ4n) is 3.04. The molecule has 0 saturated carbocycles. The number of aromatic nitrogens is 1. The lowest BCUT2D eigenvalue weighted by Crippen LogP contribution is -2.49. The molecule has 0 radical (unpaired) electrons. The highest BCUT2D eigenvalue weighted by molar-refractivity contribution is 6.33. The van der Waals surface area contributed by atoms with Crippen LogP contribution in [0.15, 0.2) is 53.5 Å². The fourth-order valence-corrected chi connectivity index (χ4v) is 3.30. The first-order valence-corrected chi connectivity index (χ1v) is 8.45. The lowest BCUT2D eigenvalue weighted by Gasteiger charge is -2.35. The number of halogens is 1. The van der Waals surface area contributed by atoms with Gasteiger partial charge in [-0.25, -0.2) is 0 Å². The number of carbonyl (C=O) groups is 1. The number of pyridine rings is 1. The number of rotatable bonds is 4. The van der Waals surface area contributed by atoms with Crippen LogP contribution in [0.1, 0.15) is 12.8 Å². The number of carbonyl (C=O) groups excluding carboxylic acids is 1. The van der Waals surface area contributed by atoms with Gasteiger partial charge in [-0.3, -0.25) is 9.59 Å². The molecule has 1 fully saturated rings. The van der Waals surface area contributed by atoms with Gasteiger partial charge in [0, 0.05) is 31.4 Å². The van der Waals surface area contributed by atoms with Gasteiger partial charge in [0.1, 0.15) is 6.54 Å². The number of piperidine rings is 1. The molecule has 0 spiro atoms. The maximum Gasteiger partial charge on any atom is 0.250 e. The molecule has 1 N–H and O–H groups in total. The average molecular weight is 346 g/mol. The normalized spacial score (nSPS) is 17.5. The van der Waals surface area contributed by atoms with E-state index in [1.54, 1.807) is 18.3 Å². The van der Waals surface area contributed by atoms with Crippen molar-refractivity contribution in [2.45, 2.75) is 25.4 Å². The van der Waals surface area contributed by atoms with Gasteiger partial charge >= 0.3 is 0 Å². The first kappa shape index (κ1) is 16.6. The van der Waals surface area contributed by atoms with E-state index in [-0.39, 0.29) is 24.1 Å². The Labute approximate surface area is 145 Å². The summed E-state index contributed by atoms with van der Waals surface area (Å²) in [4.78, 5) is 26.1. The van der Waals surface area contributed by atoms with E-state index in [1.165, 1.54) is 10.6 Å². The van der Waals surface area contributed by atoms with Gasteiger partial charge < -0.3 is 14.8 Å². The fraction of sp³-hybridized carbons (Fsp3) is 0.333. The Hall–Kier alpha value is -2.27. The summed E-state index contributed by atoms with van der Waals surface area (Å²) in [5, 5.41) is 3.75. The number of anilines is 1. The molecule has 1 aromatic heterocycles. The second kappa shape index (κ2) is 7.53. The van der Waals surface area contributed by atoms with Crippen molar-refractivity contribution in [3.63, 3.8) is 0 Å². The third-order valence-corrected chi connectivity index (χ3v) is 4.51. The Balaban J connectivity index is 1.61. The van der Waals surface area contributed by atoms with E-state index in [9.17, 15) is 9.59 Å². The summed E-state index contributed by atoms with van der Waals surface area (Å²) in [7, 11) is 0. The van der Waals surface area contributed by atoms with Gasteiger partial charge in [-0.05, 0) is 31.0 Å². The molecule has 2 aromatic rings. The minimum absolute atomic E-state index is 0.0439. The Kier molecular flexibility index (Phi) is 5.20. The Morgan fingerprint density at radius 2 is 2.00 bits per heavy atom. The number of amides is 1. The molecule has 24 heavy (non-hydrogen) atoms. The molecule has 0 unspecified atom stereocenters. The van der Waals surface area contributed by atoms with Crippen LogP contribution in [0.3, 0.4) is 0 Å². The van der Waals surface area contributed by atoms with Crippen LogP contribution < -0.4 is 15.8 Å². The van der Waals surface area contributed by atoms with E-state index in [0.717, 1.165) is 36.6 Å². The van der Waals surface area contributed by atoms with Gasteiger partial charge in [-0.1, -0.05) is 29.8 Å². The molecule has 0 bridgehead atoms. The van der Waals surface area contributed by atoms with Crippen molar-refractivity contribution in [3.05, 3.63) is 64.0 Å². The number of para-hydroxylation sites is 1. The van der Waals surface area contributed by atoms with E-state index in [4.69, 9.17) is 11.6 Å². The van der Waals surface area contributed by atoms with Crippen LogP contribution in [-0.2, 0) is 11.3 Å². The molecule has 5 nitrogen and oxygen atoms in total. The zero-order chi connectivity index (χ0) is 16.9. The van der Waals surface area contributed by atoms with Crippen molar-refractivity contribution in [3.8, 4) is 0 Å². The summed E-state index contributed by atoms with van der Waals surface area (Å²) in [6, 6.07) is 12.7. The third-order valence-electron chi connectivity index (χ3n) is 4.19. The molecule has 1 aliphatic heterocycles. The van der Waals surface area contributed by atoms with Gasteiger partial charge in [-0.15, -0.1) is 0 Å². The van der Waals surface area contributed by atoms with Crippen LogP contribution in [0.2, 0.25) is 5.02 Å². The van der Waals surface area contributed by atoms with Gasteiger partial charge in [0.25, 0.3) is 5.56 Å². The molecule has 1 saturated heterocycles. The van der Waals surface area contributed by atoms with Gasteiger partial charge in [-0.2, -0.15) is 0 Å². The maximum atomic E-state index is 12.2. The monoisotopic (exact) mass is 345 g/mol. The van der Waals surface area contributed by atoms with E-state index in [0.29, 0.717) is 0 Å². The van der Waals surface area contributed by atoms with Crippen molar-refractivity contribution >= 4 is 23.2 Å². The van der Waals surface area contributed by atoms with Crippen LogP contribution >= 0.6 is 11.6 Å². The van der Waals surface area contributed by atoms with Crippen LogP contribution in [0.4, 0.5) is 5.69 Å². The zero-order valence-electron chi connectivity index (χ0n) is 13.3. The largest absolute Gasteiger partial charge is 0.368 e. The minimum atomic E-state index is -0.172. The zero-order valence-corrected chi connectivity index (χ0v) is 14.1. The molecule has 1 amide bonds. The molecule has 0 aliphatic carbocycles. The lowest BCUT2D eigenvalue weighted by molar-refractivity contribution is -0.122. The molecule has 1 atom stereocenters. The highest BCUT2D eigenvalue weighted by atomic mass is 35.5. The maximum absolute atomic E-state index is 12.2. The summed E-state index contributed by atoms with van der Waals surface area (Å²) in [5.41, 5.74) is 0.825. The third kappa shape index (κ3) is 3.97. The topological polar surface area (TPSA) is 54.3 Å². The predicted molar refractivity (Wildman–Crippen MR) is 95.5 cm³/mol. The molecular formula is C18H20ClN3O2. The van der Waals surface area contributed by atoms with Crippen molar-refractivity contribution in [2.75, 3.05) is 18.0 Å². The molecule has 3 rings (SSSR count). The van der Waals surface area contributed by atoms with E-state index in [1.807, 2.05) is 24.3 Å². The quantitative estimate of drug-likeness (QED) is 0.925. The summed E-state index contributed by atoms with van der Waals surface area (Å²) in [6.07, 6.45) is 3.54. The number of hydrogen-bond donors (Lipinski definition) is 1. The van der Waals surface area contributed by atoms with Crippen LogP contribution in [0.25, 0.3) is 0 Å². The Morgan fingerprint density at radius 3 is 2.79 bits per heavy atom.